The van der Waals surface area contributed by atoms with E-state index in [1.165, 1.54) is 15.7 Å². The van der Waals surface area contributed by atoms with Crippen LogP contribution < -0.4 is 15.5 Å². The van der Waals surface area contributed by atoms with Crippen LogP contribution in [0.4, 0.5) is 22.1 Å². The van der Waals surface area contributed by atoms with Gasteiger partial charge in [0.2, 0.25) is 5.82 Å². The van der Waals surface area contributed by atoms with Crippen LogP contribution in [0.25, 0.3) is 4.96 Å². The summed E-state index contributed by atoms with van der Waals surface area (Å²) in [6.45, 7) is 3.84. The second-order valence-corrected chi connectivity index (χ2v) is 8.10. The number of urea groups is 1. The molecule has 2 N–H and O–H groups in total. The van der Waals surface area contributed by atoms with Gasteiger partial charge >= 0.3 is 11.8 Å². The van der Waals surface area contributed by atoms with Crippen molar-refractivity contribution in [2.24, 2.45) is 5.92 Å². The van der Waals surface area contributed by atoms with Gasteiger partial charge in [-0.3, -0.25) is 0 Å². The summed E-state index contributed by atoms with van der Waals surface area (Å²) >= 11 is 1.38. The van der Waals surface area contributed by atoms with E-state index in [1.807, 2.05) is 36.1 Å². The number of aromatic nitrogens is 2. The Kier molecular flexibility index (Phi) is 5.34. The number of thiazole rings is 1. The molecule has 0 radical (unpaired) electrons. The van der Waals surface area contributed by atoms with Crippen molar-refractivity contribution in [3.8, 4) is 0 Å². The Morgan fingerprint density at radius 2 is 2.17 bits per heavy atom. The maximum absolute atomic E-state index is 12.2. The van der Waals surface area contributed by atoms with Crippen molar-refractivity contribution in [1.29, 1.82) is 0 Å². The van der Waals surface area contributed by atoms with E-state index in [-0.39, 0.29) is 22.7 Å². The van der Waals surface area contributed by atoms with E-state index in [0.29, 0.717) is 23.9 Å². The highest BCUT2D eigenvalue weighted by Crippen LogP contribution is 2.33. The van der Waals surface area contributed by atoms with Crippen LogP contribution >= 0.6 is 11.3 Å². The first-order chi connectivity index (χ1) is 14.0. The second-order valence-electron chi connectivity index (χ2n) is 7.23. The number of hydrogen-bond acceptors (Lipinski definition) is 6. The van der Waals surface area contributed by atoms with E-state index in [2.05, 4.69) is 15.6 Å². The number of amides is 2. The van der Waals surface area contributed by atoms with Crippen molar-refractivity contribution in [3.63, 3.8) is 0 Å². The Hall–Kier alpha value is -3.14. The van der Waals surface area contributed by atoms with Crippen molar-refractivity contribution >= 4 is 39.7 Å². The zero-order valence-corrected chi connectivity index (χ0v) is 16.8. The summed E-state index contributed by atoms with van der Waals surface area (Å²) in [5.41, 5.74) is 1.87. The first-order valence-corrected chi connectivity index (χ1v) is 10.4. The fourth-order valence-corrected chi connectivity index (χ4v) is 4.32. The Labute approximate surface area is 171 Å². The van der Waals surface area contributed by atoms with Gasteiger partial charge in [-0.05, 0) is 42.7 Å². The minimum absolute atomic E-state index is 0.00646. The third-order valence-electron chi connectivity index (χ3n) is 5.07. The molecule has 1 aliphatic heterocycles. The summed E-state index contributed by atoms with van der Waals surface area (Å²) in [6, 6.07) is 7.36. The van der Waals surface area contributed by atoms with Crippen molar-refractivity contribution in [1.82, 2.24) is 14.7 Å². The van der Waals surface area contributed by atoms with Gasteiger partial charge in [-0.25, -0.2) is 4.79 Å². The van der Waals surface area contributed by atoms with Crippen LogP contribution in [0, 0.1) is 23.0 Å². The standard InChI is InChI=1S/C19H22N6O3S/c1-13-4-6-15(7-5-13)21-18(26)20-11-14-3-2-8-23(12-14)16-17(25(27)28)24-9-10-29-19(24)22-16/h4-7,9-10,14H,2-3,8,11-12H2,1H3,(H2,20,21,26). The van der Waals surface area contributed by atoms with Crippen molar-refractivity contribution in [2.45, 2.75) is 19.8 Å². The first-order valence-electron chi connectivity index (χ1n) is 9.47. The van der Waals surface area contributed by atoms with E-state index < -0.39 is 0 Å². The molecule has 0 spiro atoms. The van der Waals surface area contributed by atoms with E-state index in [0.717, 1.165) is 30.6 Å². The third-order valence-corrected chi connectivity index (χ3v) is 5.83. The van der Waals surface area contributed by atoms with Gasteiger partial charge in [0.25, 0.3) is 4.96 Å². The minimum atomic E-state index is -0.376. The van der Waals surface area contributed by atoms with Crippen molar-refractivity contribution < 1.29 is 9.72 Å². The predicted octanol–water partition coefficient (Wildman–Crippen LogP) is 3.65. The predicted molar refractivity (Wildman–Crippen MR) is 113 cm³/mol. The summed E-state index contributed by atoms with van der Waals surface area (Å²) < 4.78 is 1.52. The summed E-state index contributed by atoms with van der Waals surface area (Å²) in [5, 5.41) is 19.1. The number of aryl methyl sites for hydroxylation is 1. The number of imidazole rings is 1. The molecule has 3 heterocycles. The maximum atomic E-state index is 12.2. The van der Waals surface area contributed by atoms with Gasteiger partial charge in [0.05, 0.1) is 0 Å². The molecule has 2 amide bonds. The van der Waals surface area contributed by atoms with Gasteiger partial charge in [-0.15, -0.1) is 0 Å². The zero-order valence-electron chi connectivity index (χ0n) is 16.0. The largest absolute Gasteiger partial charge is 0.373 e. The average Bonchev–Trinajstić information content (AvgIpc) is 3.29. The second kappa shape index (κ2) is 8.08. The molecule has 152 valence electrons. The number of nitro groups is 1. The number of rotatable bonds is 5. The summed E-state index contributed by atoms with van der Waals surface area (Å²) in [6.07, 6.45) is 3.53. The SMILES string of the molecule is Cc1ccc(NC(=O)NCC2CCCN(c3nc4sccn4c3[N+](=O)[O-])C2)cc1. The fraction of sp³-hybridized carbons (Fsp3) is 0.368. The van der Waals surface area contributed by atoms with E-state index >= 15 is 0 Å². The van der Waals surface area contributed by atoms with Crippen LogP contribution in [0.3, 0.4) is 0 Å². The lowest BCUT2D eigenvalue weighted by atomic mass is 9.98. The van der Waals surface area contributed by atoms with Crippen LogP contribution in [0.15, 0.2) is 35.8 Å². The van der Waals surface area contributed by atoms with Gasteiger partial charge in [0.1, 0.15) is 6.20 Å². The molecule has 1 aliphatic rings. The van der Waals surface area contributed by atoms with E-state index in [4.69, 9.17) is 0 Å². The smallest absolute Gasteiger partial charge is 0.358 e. The topological polar surface area (TPSA) is 105 Å². The molecule has 1 aromatic carbocycles. The number of fused-ring (bicyclic) bond motifs is 1. The number of carbonyl (C=O) groups is 1. The Balaban J connectivity index is 1.38. The number of hydrogen-bond donors (Lipinski definition) is 2. The number of piperidine rings is 1. The molecule has 29 heavy (non-hydrogen) atoms. The van der Waals surface area contributed by atoms with Crippen molar-refractivity contribution in [2.75, 3.05) is 29.9 Å². The highest BCUT2D eigenvalue weighted by molar-refractivity contribution is 7.15. The monoisotopic (exact) mass is 414 g/mol. The zero-order chi connectivity index (χ0) is 20.4. The lowest BCUT2D eigenvalue weighted by Crippen LogP contribution is -2.42. The molecule has 3 aromatic rings. The van der Waals surface area contributed by atoms with Gasteiger partial charge < -0.3 is 25.6 Å². The average molecular weight is 414 g/mol. The Bertz CT molecular complexity index is 1030. The van der Waals surface area contributed by atoms with Gasteiger partial charge in [-0.1, -0.05) is 29.0 Å². The van der Waals surface area contributed by atoms with Gasteiger partial charge in [-0.2, -0.15) is 9.38 Å². The molecule has 1 saturated heterocycles. The molecule has 4 rings (SSSR count). The molecule has 0 aliphatic carbocycles. The van der Waals surface area contributed by atoms with E-state index in [1.54, 1.807) is 11.6 Å². The number of anilines is 2. The van der Waals surface area contributed by atoms with Crippen LogP contribution in [-0.2, 0) is 0 Å². The fourth-order valence-electron chi connectivity index (χ4n) is 3.62. The molecular formula is C19H22N6O3S. The number of nitrogens with one attached hydrogen (secondary N) is 2. The third kappa shape index (κ3) is 4.16. The molecule has 1 fully saturated rings. The van der Waals surface area contributed by atoms with Crippen LogP contribution in [-0.4, -0.2) is 40.0 Å². The highest BCUT2D eigenvalue weighted by Gasteiger charge is 2.31. The molecule has 0 bridgehead atoms. The molecule has 10 heteroatoms. The molecular weight excluding hydrogens is 392 g/mol. The van der Waals surface area contributed by atoms with Crippen molar-refractivity contribution in [3.05, 3.63) is 51.5 Å². The Morgan fingerprint density at radius 1 is 1.38 bits per heavy atom. The molecule has 9 nitrogen and oxygen atoms in total. The highest BCUT2D eigenvalue weighted by atomic mass is 32.1. The van der Waals surface area contributed by atoms with Crippen LogP contribution in [0.5, 0.6) is 0 Å². The van der Waals surface area contributed by atoms with E-state index in [9.17, 15) is 14.9 Å². The van der Waals surface area contributed by atoms with Gasteiger partial charge in [0, 0.05) is 30.7 Å². The summed E-state index contributed by atoms with van der Waals surface area (Å²) in [4.78, 5) is 30.4. The molecule has 0 saturated carbocycles. The summed E-state index contributed by atoms with van der Waals surface area (Å²) in [5.74, 6) is 0.620. The maximum Gasteiger partial charge on any atom is 0.373 e. The summed E-state index contributed by atoms with van der Waals surface area (Å²) in [7, 11) is 0. The van der Waals surface area contributed by atoms with Gasteiger partial charge in [0.15, 0.2) is 0 Å². The molecule has 2 aromatic heterocycles. The first kappa shape index (κ1) is 19.2. The lowest BCUT2D eigenvalue weighted by molar-refractivity contribution is -0.389. The number of nitrogens with zero attached hydrogens (tertiary/aromatic N) is 4. The normalized spacial score (nSPS) is 16.7. The van der Waals surface area contributed by atoms with Crippen LogP contribution in [0.2, 0.25) is 0 Å². The van der Waals surface area contributed by atoms with Crippen LogP contribution in [0.1, 0.15) is 18.4 Å². The minimum Gasteiger partial charge on any atom is -0.358 e. The Morgan fingerprint density at radius 3 is 2.93 bits per heavy atom. The number of benzene rings is 1. The quantitative estimate of drug-likeness (QED) is 0.490. The lowest BCUT2D eigenvalue weighted by Gasteiger charge is -2.32. The molecule has 1 unspecified atom stereocenters. The number of carbonyl (C=O) groups excluding carboxylic acids is 1. The molecule has 1 atom stereocenters.